The van der Waals surface area contributed by atoms with Crippen LogP contribution >= 0.6 is 0 Å². The molecule has 0 saturated heterocycles. The highest BCUT2D eigenvalue weighted by Gasteiger charge is 2.50. The molecule has 6 nitrogen and oxygen atoms in total. The first-order chi connectivity index (χ1) is 12.5. The minimum Gasteiger partial charge on any atom is -0.497 e. The molecule has 0 amide bonds. The molecule has 0 bridgehead atoms. The minimum atomic E-state index is -1.86. The number of ether oxygens (including phenoxy) is 2. The van der Waals surface area contributed by atoms with Crippen molar-refractivity contribution in [3.8, 4) is 11.8 Å². The number of methoxy groups -OCH3 is 1. The summed E-state index contributed by atoms with van der Waals surface area (Å²) < 4.78 is 10.4. The van der Waals surface area contributed by atoms with E-state index in [1.807, 2.05) is 18.2 Å². The van der Waals surface area contributed by atoms with E-state index >= 15 is 0 Å². The third kappa shape index (κ3) is 2.87. The van der Waals surface area contributed by atoms with Gasteiger partial charge in [-0.2, -0.15) is 5.26 Å². The molecule has 0 fully saturated rings. The summed E-state index contributed by atoms with van der Waals surface area (Å²) in [5.74, 6) is -0.550. The third-order valence-electron chi connectivity index (χ3n) is 4.68. The second kappa shape index (κ2) is 7.06. The average Bonchev–Trinajstić information content (AvgIpc) is 3.11. The smallest absolute Gasteiger partial charge is 0.343 e. The molecule has 2 atom stereocenters. The Morgan fingerprint density at radius 2 is 2.08 bits per heavy atom. The summed E-state index contributed by atoms with van der Waals surface area (Å²) in [5, 5.41) is 23.7. The summed E-state index contributed by atoms with van der Waals surface area (Å²) in [7, 11) is 1.58. The van der Waals surface area contributed by atoms with Gasteiger partial charge in [0.25, 0.3) is 0 Å². The van der Waals surface area contributed by atoms with Crippen LogP contribution in [-0.2, 0) is 15.1 Å². The van der Waals surface area contributed by atoms with Crippen LogP contribution in [-0.4, -0.2) is 31.3 Å². The van der Waals surface area contributed by atoms with Gasteiger partial charge in [0.1, 0.15) is 5.75 Å². The Morgan fingerprint density at radius 1 is 1.35 bits per heavy atom. The standard InChI is InChI=1S/C20H20N2O4/c1-3-26-19(23)20(24,14-6-4-13(11-21)5-7-14)17-12-22-18-10-15(25-2)8-9-16(17)18/h4-10,17,22,24H,3,12H2,1-2H3. The van der Waals surface area contributed by atoms with Crippen LogP contribution in [0, 0.1) is 11.3 Å². The maximum absolute atomic E-state index is 12.8. The minimum absolute atomic E-state index is 0.160. The molecule has 0 aliphatic carbocycles. The topological polar surface area (TPSA) is 91.6 Å². The summed E-state index contributed by atoms with van der Waals surface area (Å²) >= 11 is 0. The fourth-order valence-electron chi connectivity index (χ4n) is 3.32. The predicted octanol–water partition coefficient (Wildman–Crippen LogP) is 2.53. The maximum atomic E-state index is 12.8. The second-order valence-corrected chi connectivity index (χ2v) is 6.06. The highest BCUT2D eigenvalue weighted by molar-refractivity contribution is 5.84. The number of rotatable bonds is 5. The second-order valence-electron chi connectivity index (χ2n) is 6.06. The largest absolute Gasteiger partial charge is 0.497 e. The molecular weight excluding hydrogens is 332 g/mol. The van der Waals surface area contributed by atoms with E-state index < -0.39 is 17.5 Å². The monoisotopic (exact) mass is 352 g/mol. The van der Waals surface area contributed by atoms with Crippen LogP contribution in [0.1, 0.15) is 29.5 Å². The third-order valence-corrected chi connectivity index (χ3v) is 4.68. The Bertz CT molecular complexity index is 857. The molecule has 3 rings (SSSR count). The van der Waals surface area contributed by atoms with Crippen LogP contribution in [0.3, 0.4) is 0 Å². The SMILES string of the molecule is CCOC(=O)C(O)(c1ccc(C#N)cc1)C1CNc2cc(OC)ccc21. The van der Waals surface area contributed by atoms with E-state index in [2.05, 4.69) is 5.32 Å². The number of esters is 1. The summed E-state index contributed by atoms with van der Waals surface area (Å²) in [5.41, 5.74) is 0.605. The first-order valence-corrected chi connectivity index (χ1v) is 8.36. The number of hydrogen-bond donors (Lipinski definition) is 2. The molecule has 1 heterocycles. The van der Waals surface area contributed by atoms with Crippen LogP contribution in [0.4, 0.5) is 5.69 Å². The van der Waals surface area contributed by atoms with Gasteiger partial charge in [-0.25, -0.2) is 4.79 Å². The molecular formula is C20H20N2O4. The summed E-state index contributed by atoms with van der Waals surface area (Å²) in [4.78, 5) is 12.8. The van der Waals surface area contributed by atoms with Gasteiger partial charge >= 0.3 is 5.97 Å². The van der Waals surface area contributed by atoms with Crippen molar-refractivity contribution in [1.29, 1.82) is 5.26 Å². The van der Waals surface area contributed by atoms with Gasteiger partial charge < -0.3 is 19.9 Å². The molecule has 2 aromatic rings. The summed E-state index contributed by atoms with van der Waals surface area (Å²) in [6.45, 7) is 2.23. The predicted molar refractivity (Wildman–Crippen MR) is 95.9 cm³/mol. The number of fused-ring (bicyclic) bond motifs is 1. The van der Waals surface area contributed by atoms with E-state index in [4.69, 9.17) is 14.7 Å². The Kier molecular flexibility index (Phi) is 4.83. The van der Waals surface area contributed by atoms with Crippen LogP contribution < -0.4 is 10.1 Å². The normalized spacial score (nSPS) is 17.4. The summed E-state index contributed by atoms with van der Waals surface area (Å²) in [6, 6.07) is 13.9. The van der Waals surface area contributed by atoms with E-state index in [9.17, 15) is 9.90 Å². The van der Waals surface area contributed by atoms with E-state index in [1.54, 1.807) is 44.4 Å². The Morgan fingerprint density at radius 3 is 2.69 bits per heavy atom. The fourth-order valence-corrected chi connectivity index (χ4v) is 3.32. The van der Waals surface area contributed by atoms with Crippen molar-refractivity contribution < 1.29 is 19.4 Å². The van der Waals surface area contributed by atoms with Crippen LogP contribution in [0.5, 0.6) is 5.75 Å². The van der Waals surface area contributed by atoms with E-state index in [0.717, 1.165) is 11.3 Å². The summed E-state index contributed by atoms with van der Waals surface area (Å²) in [6.07, 6.45) is 0. The Balaban J connectivity index is 2.08. The van der Waals surface area contributed by atoms with E-state index in [1.165, 1.54) is 0 Å². The van der Waals surface area contributed by atoms with Crippen LogP contribution in [0.25, 0.3) is 0 Å². The van der Waals surface area contributed by atoms with E-state index in [-0.39, 0.29) is 6.61 Å². The molecule has 1 aliphatic rings. The molecule has 0 radical (unpaired) electrons. The van der Waals surface area contributed by atoms with Gasteiger partial charge in [-0.1, -0.05) is 18.2 Å². The number of benzene rings is 2. The molecule has 2 unspecified atom stereocenters. The van der Waals surface area contributed by atoms with Gasteiger partial charge in [-0.15, -0.1) is 0 Å². The van der Waals surface area contributed by atoms with Crippen molar-refractivity contribution in [2.24, 2.45) is 0 Å². The van der Waals surface area contributed by atoms with Crippen molar-refractivity contribution in [2.45, 2.75) is 18.4 Å². The number of nitriles is 1. The van der Waals surface area contributed by atoms with Gasteiger partial charge in [0.05, 0.1) is 25.3 Å². The highest BCUT2D eigenvalue weighted by Crippen LogP contribution is 2.45. The molecule has 2 N–H and O–H groups in total. The number of carbonyl (C=O) groups is 1. The van der Waals surface area contributed by atoms with Crippen molar-refractivity contribution >= 4 is 11.7 Å². The average molecular weight is 352 g/mol. The Hall–Kier alpha value is -3.04. The van der Waals surface area contributed by atoms with E-state index in [0.29, 0.717) is 23.4 Å². The van der Waals surface area contributed by atoms with Crippen molar-refractivity contribution in [2.75, 3.05) is 25.6 Å². The zero-order valence-electron chi connectivity index (χ0n) is 14.7. The lowest BCUT2D eigenvalue weighted by Crippen LogP contribution is -2.44. The van der Waals surface area contributed by atoms with Gasteiger partial charge in [0.15, 0.2) is 5.60 Å². The Labute approximate surface area is 152 Å². The lowest BCUT2D eigenvalue weighted by molar-refractivity contribution is -0.168. The van der Waals surface area contributed by atoms with Crippen molar-refractivity contribution in [1.82, 2.24) is 0 Å². The number of nitrogens with one attached hydrogen (secondary N) is 1. The molecule has 1 aliphatic heterocycles. The molecule has 0 spiro atoms. The molecule has 26 heavy (non-hydrogen) atoms. The van der Waals surface area contributed by atoms with Gasteiger partial charge in [0, 0.05) is 24.2 Å². The highest BCUT2D eigenvalue weighted by atomic mass is 16.5. The zero-order valence-corrected chi connectivity index (χ0v) is 14.7. The number of carbonyl (C=O) groups excluding carboxylic acids is 1. The molecule has 134 valence electrons. The van der Waals surface area contributed by atoms with Crippen molar-refractivity contribution in [3.63, 3.8) is 0 Å². The first-order valence-electron chi connectivity index (χ1n) is 8.36. The fraction of sp³-hybridized carbons (Fsp3) is 0.300. The molecule has 0 saturated carbocycles. The maximum Gasteiger partial charge on any atom is 0.343 e. The quantitative estimate of drug-likeness (QED) is 0.804. The number of anilines is 1. The van der Waals surface area contributed by atoms with Crippen LogP contribution in [0.15, 0.2) is 42.5 Å². The lowest BCUT2D eigenvalue weighted by Gasteiger charge is -2.32. The van der Waals surface area contributed by atoms with Gasteiger partial charge in [-0.3, -0.25) is 0 Å². The molecule has 6 heteroatoms. The first kappa shape index (κ1) is 17.8. The van der Waals surface area contributed by atoms with Gasteiger partial charge in [-0.05, 0) is 36.2 Å². The van der Waals surface area contributed by atoms with Crippen LogP contribution in [0.2, 0.25) is 0 Å². The number of aliphatic hydroxyl groups is 1. The molecule has 2 aromatic carbocycles. The van der Waals surface area contributed by atoms with Crippen molar-refractivity contribution in [3.05, 3.63) is 59.2 Å². The lowest BCUT2D eigenvalue weighted by atomic mass is 9.78. The number of nitrogens with zero attached hydrogens (tertiary/aromatic N) is 1. The molecule has 0 aromatic heterocycles. The number of hydrogen-bond acceptors (Lipinski definition) is 6. The zero-order chi connectivity index (χ0) is 18.7. The van der Waals surface area contributed by atoms with Gasteiger partial charge in [0.2, 0.25) is 0 Å².